The molecule has 1 N–H and O–H groups in total. The Balaban J connectivity index is 2.13. The highest BCUT2D eigenvalue weighted by atomic mass is 19.1. The molecular formula is C15H20FNO3. The number of nitrogens with one attached hydrogen (secondary N) is 1. The first-order chi connectivity index (χ1) is 9.61. The van der Waals surface area contributed by atoms with Gasteiger partial charge in [-0.1, -0.05) is 6.07 Å². The third-order valence-electron chi connectivity index (χ3n) is 3.56. The van der Waals surface area contributed by atoms with E-state index >= 15 is 0 Å². The number of hydrogen-bond acceptors (Lipinski definition) is 4. The first kappa shape index (κ1) is 14.9. The highest BCUT2D eigenvalue weighted by molar-refractivity contribution is 5.78. The average Bonchev–Trinajstić information content (AvgIpc) is 2.95. The molecule has 1 aromatic carbocycles. The van der Waals surface area contributed by atoms with Crippen LogP contribution in [0.5, 0.6) is 0 Å². The SMILES string of the molecule is COC(=O)C(NCC1CCCO1)c1cc(F)ccc1C. The van der Waals surface area contributed by atoms with Crippen molar-refractivity contribution in [1.82, 2.24) is 5.32 Å². The van der Waals surface area contributed by atoms with E-state index in [1.807, 2.05) is 6.92 Å². The summed E-state index contributed by atoms with van der Waals surface area (Å²) in [6.07, 6.45) is 2.12. The Morgan fingerprint density at radius 2 is 2.40 bits per heavy atom. The van der Waals surface area contributed by atoms with Crippen molar-refractivity contribution in [2.24, 2.45) is 0 Å². The number of rotatable bonds is 5. The molecule has 20 heavy (non-hydrogen) atoms. The van der Waals surface area contributed by atoms with E-state index in [2.05, 4.69) is 5.32 Å². The molecule has 1 aliphatic heterocycles. The number of aryl methyl sites for hydroxylation is 1. The maximum Gasteiger partial charge on any atom is 0.327 e. The number of hydrogen-bond donors (Lipinski definition) is 1. The van der Waals surface area contributed by atoms with E-state index in [0.717, 1.165) is 25.0 Å². The molecule has 2 unspecified atom stereocenters. The summed E-state index contributed by atoms with van der Waals surface area (Å²) in [5.74, 6) is -0.782. The summed E-state index contributed by atoms with van der Waals surface area (Å²) in [5, 5.41) is 3.13. The molecule has 1 aliphatic rings. The molecule has 0 bridgehead atoms. The molecule has 4 nitrogen and oxygen atoms in total. The van der Waals surface area contributed by atoms with Gasteiger partial charge in [-0.05, 0) is 43.0 Å². The molecule has 1 fully saturated rings. The van der Waals surface area contributed by atoms with E-state index < -0.39 is 12.0 Å². The minimum absolute atomic E-state index is 0.107. The highest BCUT2D eigenvalue weighted by Crippen LogP contribution is 2.21. The number of ether oxygens (including phenoxy) is 2. The Morgan fingerprint density at radius 3 is 3.05 bits per heavy atom. The van der Waals surface area contributed by atoms with Gasteiger partial charge in [0.05, 0.1) is 13.2 Å². The fourth-order valence-corrected chi connectivity index (χ4v) is 2.42. The average molecular weight is 281 g/mol. The topological polar surface area (TPSA) is 47.6 Å². The minimum Gasteiger partial charge on any atom is -0.468 e. The van der Waals surface area contributed by atoms with Crippen LogP contribution in [0.2, 0.25) is 0 Å². The summed E-state index contributed by atoms with van der Waals surface area (Å²) >= 11 is 0. The van der Waals surface area contributed by atoms with Crippen molar-refractivity contribution in [3.05, 3.63) is 35.1 Å². The monoisotopic (exact) mass is 281 g/mol. The van der Waals surface area contributed by atoms with Crippen molar-refractivity contribution in [1.29, 1.82) is 0 Å². The number of benzene rings is 1. The zero-order valence-corrected chi connectivity index (χ0v) is 11.8. The first-order valence-electron chi connectivity index (χ1n) is 6.80. The summed E-state index contributed by atoms with van der Waals surface area (Å²) in [5.41, 5.74) is 1.46. The Bertz CT molecular complexity index is 472. The number of carbonyl (C=O) groups is 1. The van der Waals surface area contributed by atoms with Crippen molar-refractivity contribution >= 4 is 5.97 Å². The van der Waals surface area contributed by atoms with Crippen LogP contribution < -0.4 is 5.32 Å². The predicted octanol–water partition coefficient (Wildman–Crippen LogP) is 2.12. The van der Waals surface area contributed by atoms with Crippen LogP contribution in [0, 0.1) is 12.7 Å². The lowest BCUT2D eigenvalue weighted by Gasteiger charge is -2.20. The number of methoxy groups -OCH3 is 1. The third-order valence-corrected chi connectivity index (χ3v) is 3.56. The fourth-order valence-electron chi connectivity index (χ4n) is 2.42. The molecule has 0 amide bonds. The summed E-state index contributed by atoms with van der Waals surface area (Å²) in [6, 6.07) is 3.75. The van der Waals surface area contributed by atoms with Gasteiger partial charge in [0.25, 0.3) is 0 Å². The second-order valence-electron chi connectivity index (χ2n) is 5.00. The number of esters is 1. The molecule has 0 radical (unpaired) electrons. The van der Waals surface area contributed by atoms with E-state index in [-0.39, 0.29) is 11.9 Å². The summed E-state index contributed by atoms with van der Waals surface area (Å²) in [4.78, 5) is 11.9. The molecule has 0 saturated carbocycles. The van der Waals surface area contributed by atoms with Crippen molar-refractivity contribution in [3.63, 3.8) is 0 Å². The Hall–Kier alpha value is -1.46. The Kier molecular flexibility index (Phi) is 5.09. The standard InChI is InChI=1S/C15H20FNO3/c1-10-5-6-11(16)8-13(10)14(15(18)19-2)17-9-12-4-3-7-20-12/h5-6,8,12,14,17H,3-4,7,9H2,1-2H3. The minimum atomic E-state index is -0.667. The fraction of sp³-hybridized carbons (Fsp3) is 0.533. The summed E-state index contributed by atoms with van der Waals surface area (Å²) < 4.78 is 23.7. The molecule has 1 heterocycles. The van der Waals surface area contributed by atoms with Crippen molar-refractivity contribution in [2.45, 2.75) is 31.9 Å². The largest absolute Gasteiger partial charge is 0.468 e. The second kappa shape index (κ2) is 6.81. The zero-order chi connectivity index (χ0) is 14.5. The molecule has 1 saturated heterocycles. The molecule has 0 aliphatic carbocycles. The number of halogens is 1. The second-order valence-corrected chi connectivity index (χ2v) is 5.00. The first-order valence-corrected chi connectivity index (χ1v) is 6.80. The van der Waals surface area contributed by atoms with Crippen molar-refractivity contribution in [2.75, 3.05) is 20.3 Å². The van der Waals surface area contributed by atoms with E-state index in [9.17, 15) is 9.18 Å². The van der Waals surface area contributed by atoms with Gasteiger partial charge in [0.2, 0.25) is 0 Å². The highest BCUT2D eigenvalue weighted by Gasteiger charge is 2.25. The third kappa shape index (κ3) is 3.55. The molecule has 5 heteroatoms. The van der Waals surface area contributed by atoms with E-state index in [0.29, 0.717) is 12.1 Å². The van der Waals surface area contributed by atoms with Crippen LogP contribution in [0.4, 0.5) is 4.39 Å². The summed E-state index contributed by atoms with van der Waals surface area (Å²) in [6.45, 7) is 3.16. The van der Waals surface area contributed by atoms with Crippen LogP contribution in [0.15, 0.2) is 18.2 Å². The molecule has 2 rings (SSSR count). The number of carbonyl (C=O) groups excluding carboxylic acids is 1. The van der Waals surface area contributed by atoms with Crippen LogP contribution in [0.3, 0.4) is 0 Å². The maximum absolute atomic E-state index is 13.4. The lowest BCUT2D eigenvalue weighted by atomic mass is 10.0. The maximum atomic E-state index is 13.4. The zero-order valence-electron chi connectivity index (χ0n) is 11.8. The molecule has 0 aromatic heterocycles. The van der Waals surface area contributed by atoms with Gasteiger partial charge in [-0.25, -0.2) is 9.18 Å². The van der Waals surface area contributed by atoms with Crippen LogP contribution in [0.25, 0.3) is 0 Å². The molecule has 2 atom stereocenters. The lowest BCUT2D eigenvalue weighted by molar-refractivity contribution is -0.143. The van der Waals surface area contributed by atoms with E-state index in [1.165, 1.54) is 19.2 Å². The summed E-state index contributed by atoms with van der Waals surface area (Å²) in [7, 11) is 1.33. The van der Waals surface area contributed by atoms with Crippen LogP contribution in [0.1, 0.15) is 30.0 Å². The quantitative estimate of drug-likeness (QED) is 0.840. The smallest absolute Gasteiger partial charge is 0.327 e. The van der Waals surface area contributed by atoms with Crippen LogP contribution >= 0.6 is 0 Å². The van der Waals surface area contributed by atoms with E-state index in [4.69, 9.17) is 9.47 Å². The molecule has 1 aromatic rings. The van der Waals surface area contributed by atoms with Gasteiger partial charge in [0.1, 0.15) is 11.9 Å². The van der Waals surface area contributed by atoms with Gasteiger partial charge in [0, 0.05) is 13.2 Å². The Morgan fingerprint density at radius 1 is 1.60 bits per heavy atom. The molecular weight excluding hydrogens is 261 g/mol. The van der Waals surface area contributed by atoms with Gasteiger partial charge in [-0.2, -0.15) is 0 Å². The van der Waals surface area contributed by atoms with Crippen molar-refractivity contribution < 1.29 is 18.7 Å². The van der Waals surface area contributed by atoms with E-state index in [1.54, 1.807) is 6.07 Å². The van der Waals surface area contributed by atoms with Crippen molar-refractivity contribution in [3.8, 4) is 0 Å². The van der Waals surface area contributed by atoms with Crippen LogP contribution in [-0.2, 0) is 14.3 Å². The molecule has 110 valence electrons. The van der Waals surface area contributed by atoms with Gasteiger partial charge in [-0.3, -0.25) is 5.32 Å². The predicted molar refractivity (Wildman–Crippen MR) is 72.9 cm³/mol. The van der Waals surface area contributed by atoms with Gasteiger partial charge >= 0.3 is 5.97 Å². The van der Waals surface area contributed by atoms with Gasteiger partial charge in [0.15, 0.2) is 0 Å². The normalized spacial score (nSPS) is 19.9. The lowest BCUT2D eigenvalue weighted by Crippen LogP contribution is -2.35. The molecule has 0 spiro atoms. The van der Waals surface area contributed by atoms with Crippen LogP contribution in [-0.4, -0.2) is 32.3 Å². The van der Waals surface area contributed by atoms with Gasteiger partial charge in [-0.15, -0.1) is 0 Å². The van der Waals surface area contributed by atoms with Gasteiger partial charge < -0.3 is 9.47 Å². The Labute approximate surface area is 118 Å².